The normalized spacial score (nSPS) is 14.3. The van der Waals surface area contributed by atoms with Crippen molar-refractivity contribution in [1.82, 2.24) is 10.2 Å². The third kappa shape index (κ3) is 9.18. The lowest BCUT2D eigenvalue weighted by molar-refractivity contribution is -0.192. The molecule has 1 saturated heterocycles. The summed E-state index contributed by atoms with van der Waals surface area (Å²) in [4.78, 5) is 36.3. The fourth-order valence-electron chi connectivity index (χ4n) is 3.31. The molecule has 0 bridgehead atoms. The van der Waals surface area contributed by atoms with Crippen LogP contribution in [0, 0.1) is 0 Å². The highest BCUT2D eigenvalue weighted by Gasteiger charge is 2.38. The number of halogens is 3. The van der Waals surface area contributed by atoms with Gasteiger partial charge in [0.1, 0.15) is 4.21 Å². The first-order valence-corrected chi connectivity index (χ1v) is 13.6. The summed E-state index contributed by atoms with van der Waals surface area (Å²) >= 11 is 1.09. The van der Waals surface area contributed by atoms with Gasteiger partial charge in [0, 0.05) is 32.7 Å². The maximum Gasteiger partial charge on any atom is 0.490 e. The Balaban J connectivity index is 0.000000638. The fraction of sp³-hybridized carbons (Fsp3) is 0.409. The average Bonchev–Trinajstić information content (AvgIpc) is 3.39. The Labute approximate surface area is 220 Å². The molecule has 2 heterocycles. The van der Waals surface area contributed by atoms with Crippen molar-refractivity contribution in [1.29, 1.82) is 0 Å². The van der Waals surface area contributed by atoms with Gasteiger partial charge in [-0.15, -0.1) is 11.3 Å². The van der Waals surface area contributed by atoms with Crippen molar-refractivity contribution in [3.8, 4) is 0 Å². The molecule has 1 aromatic heterocycles. The lowest BCUT2D eigenvalue weighted by Crippen LogP contribution is -2.49. The number of carboxylic acid groups (broad SMARTS) is 2. The van der Waals surface area contributed by atoms with Gasteiger partial charge in [-0.2, -0.15) is 13.2 Å². The number of sulfonamides is 1. The molecule has 0 spiro atoms. The number of hydrogen-bond acceptors (Lipinski definition) is 8. The van der Waals surface area contributed by atoms with Gasteiger partial charge in [-0.05, 0) is 36.1 Å². The van der Waals surface area contributed by atoms with Crippen molar-refractivity contribution in [3.63, 3.8) is 0 Å². The lowest BCUT2D eigenvalue weighted by Gasteiger charge is -2.36. The summed E-state index contributed by atoms with van der Waals surface area (Å²) in [5, 5.41) is 21.0. The highest BCUT2D eigenvalue weighted by atomic mass is 32.2. The van der Waals surface area contributed by atoms with Gasteiger partial charge in [-0.1, -0.05) is 13.0 Å². The van der Waals surface area contributed by atoms with E-state index >= 15 is 0 Å². The first kappa shape index (κ1) is 30.9. The molecule has 0 unspecified atom stereocenters. The molecule has 16 heteroatoms. The van der Waals surface area contributed by atoms with E-state index in [0.29, 0.717) is 45.0 Å². The van der Waals surface area contributed by atoms with Crippen molar-refractivity contribution in [2.75, 3.05) is 48.9 Å². The highest BCUT2D eigenvalue weighted by Crippen LogP contribution is 2.31. The largest absolute Gasteiger partial charge is 0.490 e. The van der Waals surface area contributed by atoms with Crippen molar-refractivity contribution in [2.45, 2.75) is 23.7 Å². The zero-order valence-corrected chi connectivity index (χ0v) is 21.8. The second-order valence-electron chi connectivity index (χ2n) is 7.99. The molecule has 2 aromatic rings. The van der Waals surface area contributed by atoms with Crippen LogP contribution in [-0.4, -0.2) is 86.8 Å². The third-order valence-corrected chi connectivity index (χ3v) is 7.91. The molecule has 3 rings (SSSR count). The molecule has 4 N–H and O–H groups in total. The van der Waals surface area contributed by atoms with E-state index in [1.54, 1.807) is 17.5 Å². The molecule has 1 aliphatic heterocycles. The second-order valence-corrected chi connectivity index (χ2v) is 10.8. The Morgan fingerprint density at radius 1 is 1.08 bits per heavy atom. The number of piperazine rings is 1. The zero-order valence-electron chi connectivity index (χ0n) is 20.2. The van der Waals surface area contributed by atoms with Gasteiger partial charge in [0.15, 0.2) is 0 Å². The molecule has 0 saturated carbocycles. The number of benzene rings is 1. The summed E-state index contributed by atoms with van der Waals surface area (Å²) in [5.74, 6) is -3.90. The number of alkyl halides is 3. The van der Waals surface area contributed by atoms with Crippen LogP contribution in [0.5, 0.6) is 0 Å². The number of carbonyl (C=O) groups excluding carboxylic acids is 1. The van der Waals surface area contributed by atoms with E-state index in [4.69, 9.17) is 9.90 Å². The van der Waals surface area contributed by atoms with Crippen molar-refractivity contribution in [2.24, 2.45) is 0 Å². The number of nitrogens with zero attached hydrogens (tertiary/aromatic N) is 2. The van der Waals surface area contributed by atoms with Crippen molar-refractivity contribution in [3.05, 3.63) is 41.3 Å². The molecule has 1 aromatic carbocycles. The van der Waals surface area contributed by atoms with Crippen LogP contribution < -0.4 is 14.9 Å². The Morgan fingerprint density at radius 2 is 1.71 bits per heavy atom. The van der Waals surface area contributed by atoms with Crippen LogP contribution >= 0.6 is 11.3 Å². The highest BCUT2D eigenvalue weighted by molar-refractivity contribution is 7.94. The van der Waals surface area contributed by atoms with Gasteiger partial charge < -0.3 is 20.4 Å². The first-order valence-electron chi connectivity index (χ1n) is 11.2. The van der Waals surface area contributed by atoms with Crippen LogP contribution in [0.3, 0.4) is 0 Å². The standard InChI is InChI=1S/C20H26N4O5S2.C2HF3O2/c1-2-7-21-18(25)14-23-8-10-24(11-9-23)17-6-5-15(20(26)27)13-16(17)22-31(28,29)19-4-3-12-30-19;3-2(4,5)1(6)7/h3-6,12-13,22H,2,7-11,14H2,1H3,(H,21,25)(H,26,27);(H,6,7). The SMILES string of the molecule is CCCNC(=O)CN1CCN(c2ccc(C(=O)O)cc2NS(=O)(=O)c2cccs2)CC1.O=C(O)C(F)(F)F. The molecular formula is C22H27F3N4O7S2. The van der Waals surface area contributed by atoms with E-state index in [0.717, 1.165) is 17.8 Å². The van der Waals surface area contributed by atoms with E-state index in [2.05, 4.69) is 10.0 Å². The van der Waals surface area contributed by atoms with E-state index in [9.17, 15) is 36.3 Å². The fourth-order valence-corrected chi connectivity index (χ4v) is 5.37. The van der Waals surface area contributed by atoms with Gasteiger partial charge in [0.05, 0.1) is 23.5 Å². The Morgan fingerprint density at radius 3 is 2.21 bits per heavy atom. The van der Waals surface area contributed by atoms with Crippen LogP contribution in [-0.2, 0) is 19.6 Å². The number of carboxylic acids is 2. The number of hydrogen-bond donors (Lipinski definition) is 4. The maximum absolute atomic E-state index is 12.7. The number of aromatic carboxylic acids is 1. The lowest BCUT2D eigenvalue weighted by atomic mass is 10.1. The summed E-state index contributed by atoms with van der Waals surface area (Å²) in [7, 11) is -3.82. The van der Waals surface area contributed by atoms with Gasteiger partial charge in [-0.25, -0.2) is 18.0 Å². The summed E-state index contributed by atoms with van der Waals surface area (Å²) < 4.78 is 59.9. The van der Waals surface area contributed by atoms with Crippen LogP contribution in [0.2, 0.25) is 0 Å². The summed E-state index contributed by atoms with van der Waals surface area (Å²) in [6.45, 7) is 5.42. The summed E-state index contributed by atoms with van der Waals surface area (Å²) in [6, 6.07) is 7.57. The summed E-state index contributed by atoms with van der Waals surface area (Å²) in [6.07, 6.45) is -4.20. The number of nitrogens with one attached hydrogen (secondary N) is 2. The van der Waals surface area contributed by atoms with Crippen molar-refractivity contribution >= 4 is 50.6 Å². The molecule has 38 heavy (non-hydrogen) atoms. The third-order valence-electron chi connectivity index (χ3n) is 5.14. The molecule has 0 aliphatic carbocycles. The van der Waals surface area contributed by atoms with E-state index in [1.807, 2.05) is 16.7 Å². The van der Waals surface area contributed by atoms with Crippen LogP contribution in [0.25, 0.3) is 0 Å². The molecule has 0 radical (unpaired) electrons. The van der Waals surface area contributed by atoms with E-state index in [1.165, 1.54) is 18.2 Å². The topological polar surface area (TPSA) is 156 Å². The van der Waals surface area contributed by atoms with Gasteiger partial charge in [-0.3, -0.25) is 14.4 Å². The molecule has 1 aliphatic rings. The smallest absolute Gasteiger partial charge is 0.478 e. The Kier molecular flexibility index (Phi) is 10.9. The quantitative estimate of drug-likeness (QED) is 0.350. The maximum atomic E-state index is 12.7. The van der Waals surface area contributed by atoms with Gasteiger partial charge >= 0.3 is 18.1 Å². The van der Waals surface area contributed by atoms with Crippen LogP contribution in [0.15, 0.2) is 39.9 Å². The summed E-state index contributed by atoms with van der Waals surface area (Å²) in [5.41, 5.74) is 0.835. The van der Waals surface area contributed by atoms with Crippen LogP contribution in [0.1, 0.15) is 23.7 Å². The molecule has 1 amide bonds. The van der Waals surface area contributed by atoms with Crippen molar-refractivity contribution < 1.29 is 46.2 Å². The Hall–Kier alpha value is -3.37. The minimum absolute atomic E-state index is 0.00105. The number of aliphatic carboxylic acids is 1. The number of thiophene rings is 1. The van der Waals surface area contributed by atoms with Gasteiger partial charge in [0.25, 0.3) is 10.0 Å². The number of carbonyl (C=O) groups is 3. The van der Waals surface area contributed by atoms with Gasteiger partial charge in [0.2, 0.25) is 5.91 Å². The first-order chi connectivity index (χ1) is 17.7. The van der Waals surface area contributed by atoms with Crippen LogP contribution in [0.4, 0.5) is 24.5 Å². The monoisotopic (exact) mass is 580 g/mol. The molecule has 0 atom stereocenters. The molecule has 210 valence electrons. The predicted octanol–water partition coefficient (Wildman–Crippen LogP) is 2.53. The number of rotatable bonds is 9. The number of anilines is 2. The zero-order chi connectivity index (χ0) is 28.5. The van der Waals surface area contributed by atoms with E-state index in [-0.39, 0.29) is 21.4 Å². The van der Waals surface area contributed by atoms with E-state index < -0.39 is 28.1 Å². The molecular weight excluding hydrogens is 553 g/mol. The minimum atomic E-state index is -5.08. The molecule has 11 nitrogen and oxygen atoms in total. The molecule has 1 fully saturated rings. The number of amides is 1. The predicted molar refractivity (Wildman–Crippen MR) is 134 cm³/mol. The average molecular weight is 581 g/mol. The second kappa shape index (κ2) is 13.4. The Bertz CT molecular complexity index is 1210. The minimum Gasteiger partial charge on any atom is -0.478 e.